The monoisotopic (exact) mass is 323 g/mol. The fourth-order valence-corrected chi connectivity index (χ4v) is 2.82. The first-order chi connectivity index (χ1) is 11.5. The SMILES string of the molecule is CCc1cccc(OCc2nc3ccccc3n2CC(C)(C)N)c1. The Kier molecular flexibility index (Phi) is 4.58. The third kappa shape index (κ3) is 3.77. The Bertz CT molecular complexity index is 830. The Morgan fingerprint density at radius 2 is 1.92 bits per heavy atom. The largest absolute Gasteiger partial charge is 0.486 e. The summed E-state index contributed by atoms with van der Waals surface area (Å²) in [6.07, 6.45) is 0.997. The lowest BCUT2D eigenvalue weighted by molar-refractivity contribution is 0.285. The van der Waals surface area contributed by atoms with E-state index in [2.05, 4.69) is 29.7 Å². The van der Waals surface area contributed by atoms with Gasteiger partial charge in [0, 0.05) is 12.1 Å². The van der Waals surface area contributed by atoms with Crippen molar-refractivity contribution in [1.29, 1.82) is 0 Å². The number of para-hydroxylation sites is 2. The summed E-state index contributed by atoms with van der Waals surface area (Å²) in [4.78, 5) is 4.74. The van der Waals surface area contributed by atoms with Crippen molar-refractivity contribution in [2.45, 2.75) is 45.9 Å². The molecule has 0 atom stereocenters. The molecule has 0 saturated carbocycles. The first-order valence-corrected chi connectivity index (χ1v) is 8.41. The van der Waals surface area contributed by atoms with Crippen LogP contribution in [0, 0.1) is 0 Å². The number of imidazole rings is 1. The summed E-state index contributed by atoms with van der Waals surface area (Å²) in [5, 5.41) is 0. The maximum atomic E-state index is 6.24. The Balaban J connectivity index is 1.89. The number of ether oxygens (including phenoxy) is 1. The predicted octanol–water partition coefficient (Wildman–Crippen LogP) is 3.92. The zero-order chi connectivity index (χ0) is 17.2. The van der Waals surface area contributed by atoms with Crippen LogP contribution in [0.2, 0.25) is 0 Å². The minimum atomic E-state index is -0.319. The summed E-state index contributed by atoms with van der Waals surface area (Å²) in [6, 6.07) is 16.3. The summed E-state index contributed by atoms with van der Waals surface area (Å²) in [6.45, 7) is 7.31. The van der Waals surface area contributed by atoms with Gasteiger partial charge >= 0.3 is 0 Å². The second-order valence-corrected chi connectivity index (χ2v) is 6.88. The van der Waals surface area contributed by atoms with Crippen molar-refractivity contribution in [3.63, 3.8) is 0 Å². The van der Waals surface area contributed by atoms with E-state index < -0.39 is 0 Å². The zero-order valence-corrected chi connectivity index (χ0v) is 14.6. The third-order valence-electron chi connectivity index (χ3n) is 3.97. The molecule has 4 nitrogen and oxygen atoms in total. The Morgan fingerprint density at radius 1 is 1.12 bits per heavy atom. The standard InChI is InChI=1S/C20H25N3O/c1-4-15-8-7-9-16(12-15)24-13-19-22-17-10-5-6-11-18(17)23(19)14-20(2,3)21/h5-12H,4,13-14,21H2,1-3H3. The summed E-state index contributed by atoms with van der Waals surface area (Å²) in [5.74, 6) is 1.77. The Morgan fingerprint density at radius 3 is 2.67 bits per heavy atom. The van der Waals surface area contributed by atoms with E-state index in [0.717, 1.165) is 29.0 Å². The number of nitrogens with two attached hydrogens (primary N) is 1. The van der Waals surface area contributed by atoms with Crippen LogP contribution in [0.4, 0.5) is 0 Å². The van der Waals surface area contributed by atoms with E-state index in [0.29, 0.717) is 13.2 Å². The highest BCUT2D eigenvalue weighted by Gasteiger charge is 2.18. The Labute approximate surface area is 143 Å². The van der Waals surface area contributed by atoms with Gasteiger partial charge in [-0.3, -0.25) is 0 Å². The molecule has 0 aliphatic heterocycles. The molecule has 0 aliphatic rings. The number of aromatic nitrogens is 2. The summed E-state index contributed by atoms with van der Waals surface area (Å²) in [7, 11) is 0. The number of aryl methyl sites for hydroxylation is 1. The minimum Gasteiger partial charge on any atom is -0.486 e. The molecular weight excluding hydrogens is 298 g/mol. The van der Waals surface area contributed by atoms with Gasteiger partial charge < -0.3 is 15.0 Å². The smallest absolute Gasteiger partial charge is 0.148 e. The molecule has 24 heavy (non-hydrogen) atoms. The summed E-state index contributed by atoms with van der Waals surface area (Å²) >= 11 is 0. The van der Waals surface area contributed by atoms with Crippen molar-refractivity contribution in [1.82, 2.24) is 9.55 Å². The van der Waals surface area contributed by atoms with Crippen LogP contribution in [0.25, 0.3) is 11.0 Å². The molecule has 0 amide bonds. The first kappa shape index (κ1) is 16.5. The molecule has 0 bridgehead atoms. The number of nitrogens with zero attached hydrogens (tertiary/aromatic N) is 2. The van der Waals surface area contributed by atoms with Gasteiger partial charge in [0.05, 0.1) is 11.0 Å². The molecule has 2 N–H and O–H groups in total. The van der Waals surface area contributed by atoms with Gasteiger partial charge in [-0.25, -0.2) is 4.98 Å². The molecule has 0 unspecified atom stereocenters. The zero-order valence-electron chi connectivity index (χ0n) is 14.6. The number of benzene rings is 2. The summed E-state index contributed by atoms with van der Waals surface area (Å²) in [5.41, 5.74) is 9.26. The van der Waals surface area contributed by atoms with Crippen LogP contribution in [-0.2, 0) is 19.6 Å². The van der Waals surface area contributed by atoms with Crippen molar-refractivity contribution in [3.8, 4) is 5.75 Å². The molecule has 3 rings (SSSR count). The summed E-state index contributed by atoms with van der Waals surface area (Å²) < 4.78 is 8.16. The van der Waals surface area contributed by atoms with E-state index in [4.69, 9.17) is 15.5 Å². The molecule has 0 spiro atoms. The molecule has 2 aromatic carbocycles. The highest BCUT2D eigenvalue weighted by atomic mass is 16.5. The highest BCUT2D eigenvalue weighted by Crippen LogP contribution is 2.21. The molecule has 1 aromatic heterocycles. The van der Waals surface area contributed by atoms with Gasteiger partial charge in [0.25, 0.3) is 0 Å². The molecular formula is C20H25N3O. The van der Waals surface area contributed by atoms with Crippen LogP contribution in [0.3, 0.4) is 0 Å². The fraction of sp³-hybridized carbons (Fsp3) is 0.350. The minimum absolute atomic E-state index is 0.319. The molecule has 0 saturated heterocycles. The van der Waals surface area contributed by atoms with E-state index in [1.165, 1.54) is 5.56 Å². The average Bonchev–Trinajstić information content (AvgIpc) is 2.89. The van der Waals surface area contributed by atoms with Crippen molar-refractivity contribution in [2.24, 2.45) is 5.73 Å². The maximum Gasteiger partial charge on any atom is 0.148 e. The molecule has 0 fully saturated rings. The molecule has 3 aromatic rings. The van der Waals surface area contributed by atoms with Crippen molar-refractivity contribution in [2.75, 3.05) is 0 Å². The van der Waals surface area contributed by atoms with Crippen molar-refractivity contribution < 1.29 is 4.74 Å². The van der Waals surface area contributed by atoms with Crippen molar-refractivity contribution >= 4 is 11.0 Å². The fourth-order valence-electron chi connectivity index (χ4n) is 2.82. The number of hydrogen-bond donors (Lipinski definition) is 1. The number of hydrogen-bond acceptors (Lipinski definition) is 3. The maximum absolute atomic E-state index is 6.24. The van der Waals surface area contributed by atoms with E-state index in [1.807, 2.05) is 44.2 Å². The van der Waals surface area contributed by atoms with Crippen molar-refractivity contribution in [3.05, 3.63) is 59.9 Å². The van der Waals surface area contributed by atoms with Crippen LogP contribution in [0.5, 0.6) is 5.75 Å². The van der Waals surface area contributed by atoms with Gasteiger partial charge in [-0.2, -0.15) is 0 Å². The van der Waals surface area contributed by atoms with Gasteiger partial charge in [-0.05, 0) is 50.1 Å². The number of rotatable bonds is 6. The van der Waals surface area contributed by atoms with Gasteiger partial charge in [-0.15, -0.1) is 0 Å². The molecule has 0 radical (unpaired) electrons. The first-order valence-electron chi connectivity index (χ1n) is 8.41. The van der Waals surface area contributed by atoms with E-state index in [-0.39, 0.29) is 5.54 Å². The van der Waals surface area contributed by atoms with Gasteiger partial charge in [0.2, 0.25) is 0 Å². The highest BCUT2D eigenvalue weighted by molar-refractivity contribution is 5.75. The average molecular weight is 323 g/mol. The molecule has 0 aliphatic carbocycles. The predicted molar refractivity (Wildman–Crippen MR) is 98.2 cm³/mol. The molecule has 1 heterocycles. The quantitative estimate of drug-likeness (QED) is 0.748. The van der Waals surface area contributed by atoms with E-state index >= 15 is 0 Å². The topological polar surface area (TPSA) is 53.1 Å². The Hall–Kier alpha value is -2.33. The lowest BCUT2D eigenvalue weighted by atomic mass is 10.1. The van der Waals surface area contributed by atoms with Crippen LogP contribution in [0.15, 0.2) is 48.5 Å². The molecule has 4 heteroatoms. The van der Waals surface area contributed by atoms with E-state index in [9.17, 15) is 0 Å². The normalized spacial score (nSPS) is 11.8. The van der Waals surface area contributed by atoms with Crippen LogP contribution >= 0.6 is 0 Å². The second kappa shape index (κ2) is 6.65. The van der Waals surface area contributed by atoms with Gasteiger partial charge in [-0.1, -0.05) is 31.2 Å². The molecule has 126 valence electrons. The lowest BCUT2D eigenvalue weighted by Crippen LogP contribution is -2.37. The van der Waals surface area contributed by atoms with Gasteiger partial charge in [0.15, 0.2) is 0 Å². The van der Waals surface area contributed by atoms with Crippen LogP contribution < -0.4 is 10.5 Å². The van der Waals surface area contributed by atoms with E-state index in [1.54, 1.807) is 0 Å². The van der Waals surface area contributed by atoms with Crippen LogP contribution in [0.1, 0.15) is 32.2 Å². The van der Waals surface area contributed by atoms with Crippen LogP contribution in [-0.4, -0.2) is 15.1 Å². The number of fused-ring (bicyclic) bond motifs is 1. The third-order valence-corrected chi connectivity index (χ3v) is 3.97. The lowest BCUT2D eigenvalue weighted by Gasteiger charge is -2.21. The van der Waals surface area contributed by atoms with Gasteiger partial charge in [0.1, 0.15) is 18.2 Å². The second-order valence-electron chi connectivity index (χ2n) is 6.88.